The number of rotatable bonds is 75. The molecule has 0 aliphatic heterocycles. The SMILES string of the molecule is CCCCCCCC/C=C\CCCCCCCC(=O)OC[C@H](COP(=O)([O-])OCC(O)COP(=O)([O-])OC[C@@H](COC(=O)CCCCCCCC(=O)NCCCN=[N+]=[N-])OC(=O)CCCCCCC/C=C\CCCCCCCC)OC(=O)CCCCCCC/C=C\CCCCCCCC. The zero-order valence-corrected chi connectivity index (χ0v) is 63.6. The van der Waals surface area contributed by atoms with Gasteiger partial charge in [-0.05, 0) is 121 Å². The summed E-state index contributed by atoms with van der Waals surface area (Å²) in [6, 6.07) is 0. The molecule has 0 heterocycles. The molecule has 1 amide bonds. The van der Waals surface area contributed by atoms with Crippen LogP contribution in [0.1, 0.15) is 342 Å². The van der Waals surface area contributed by atoms with Gasteiger partial charge in [-0.1, -0.05) is 236 Å². The van der Waals surface area contributed by atoms with Crippen LogP contribution in [0.2, 0.25) is 0 Å². The van der Waals surface area contributed by atoms with Crippen molar-refractivity contribution in [2.75, 3.05) is 52.7 Å². The molecule has 5 atom stereocenters. The van der Waals surface area contributed by atoms with E-state index in [9.17, 15) is 48.0 Å². The largest absolute Gasteiger partial charge is 0.756 e. The van der Waals surface area contributed by atoms with Gasteiger partial charge in [-0.3, -0.25) is 33.1 Å². The Hall–Kier alpha value is -3.94. The lowest BCUT2D eigenvalue weighted by Crippen LogP contribution is -2.31. The van der Waals surface area contributed by atoms with Gasteiger partial charge < -0.3 is 57.3 Å². The van der Waals surface area contributed by atoms with Crippen molar-refractivity contribution in [3.63, 3.8) is 0 Å². The Bertz CT molecular complexity index is 2200. The first kappa shape index (κ1) is 95.1. The first-order chi connectivity index (χ1) is 48.1. The molecule has 2 N–H and O–H groups in total. The molecule has 0 fully saturated rings. The summed E-state index contributed by atoms with van der Waals surface area (Å²) in [5.74, 6) is -2.51. The Kier molecular flexibility index (Phi) is 68.2. The molecule has 0 aliphatic rings. The van der Waals surface area contributed by atoms with Gasteiger partial charge in [0.15, 0.2) is 12.2 Å². The van der Waals surface area contributed by atoms with Gasteiger partial charge in [0.05, 0.1) is 26.4 Å². The average molecular weight is 1440 g/mol. The van der Waals surface area contributed by atoms with Gasteiger partial charge in [0.25, 0.3) is 15.6 Å². The number of unbranched alkanes of at least 4 members (excludes halogenated alkanes) is 37. The second kappa shape index (κ2) is 71.1. The van der Waals surface area contributed by atoms with E-state index in [1.165, 1.54) is 116 Å². The number of carbonyl (C=O) groups excluding carboxylic acids is 5. The van der Waals surface area contributed by atoms with Gasteiger partial charge in [0, 0.05) is 50.1 Å². The smallest absolute Gasteiger partial charge is 0.306 e. The molecule has 0 spiro atoms. The van der Waals surface area contributed by atoms with Crippen LogP contribution in [0, 0.1) is 0 Å². The van der Waals surface area contributed by atoms with Crippen molar-refractivity contribution in [3.05, 3.63) is 46.9 Å². The minimum Gasteiger partial charge on any atom is -0.756 e. The van der Waals surface area contributed by atoms with Crippen molar-refractivity contribution in [2.45, 2.75) is 360 Å². The third-order valence-corrected chi connectivity index (χ3v) is 18.5. The number of amides is 1. The number of aliphatic hydroxyl groups excluding tert-OH is 1. The number of esters is 4. The molecule has 0 saturated heterocycles. The zero-order valence-electron chi connectivity index (χ0n) is 61.8. The predicted octanol–water partition coefficient (Wildman–Crippen LogP) is 18.9. The lowest BCUT2D eigenvalue weighted by Gasteiger charge is -2.28. The molecule has 0 bridgehead atoms. The van der Waals surface area contributed by atoms with Crippen molar-refractivity contribution in [1.29, 1.82) is 0 Å². The summed E-state index contributed by atoms with van der Waals surface area (Å²) in [4.78, 5) is 92.2. The van der Waals surface area contributed by atoms with E-state index in [1.807, 2.05) is 0 Å². The van der Waals surface area contributed by atoms with Crippen LogP contribution in [0.3, 0.4) is 0 Å². The number of carbonyl (C=O) groups is 5. The Morgan fingerprint density at radius 2 is 0.667 bits per heavy atom. The second-order valence-electron chi connectivity index (χ2n) is 26.2. The number of nitrogens with zero attached hydrogens (tertiary/aromatic N) is 3. The molecule has 576 valence electrons. The van der Waals surface area contributed by atoms with Gasteiger partial charge in [-0.2, -0.15) is 0 Å². The topological polar surface area (TPSA) is 320 Å². The summed E-state index contributed by atoms with van der Waals surface area (Å²) in [6.07, 6.45) is 56.0. The summed E-state index contributed by atoms with van der Waals surface area (Å²) >= 11 is 0. The first-order valence-electron chi connectivity index (χ1n) is 38.9. The van der Waals surface area contributed by atoms with Crippen molar-refractivity contribution >= 4 is 45.4 Å². The molecule has 0 aromatic rings. The normalized spacial score (nSPS) is 13.8. The van der Waals surface area contributed by atoms with E-state index in [0.717, 1.165) is 128 Å². The molecule has 0 aromatic heterocycles. The highest BCUT2D eigenvalue weighted by Gasteiger charge is 2.25. The molecular weight excluding hydrogens is 1310 g/mol. The third kappa shape index (κ3) is 70.9. The molecule has 0 rings (SSSR count). The molecule has 3 unspecified atom stereocenters. The molecular formula is C75H136N4O18P2-2. The minimum atomic E-state index is -5.28. The molecule has 0 radical (unpaired) electrons. The van der Waals surface area contributed by atoms with Crippen LogP contribution < -0.4 is 15.1 Å². The third-order valence-electron chi connectivity index (χ3n) is 16.7. The van der Waals surface area contributed by atoms with E-state index in [1.54, 1.807) is 0 Å². The molecule has 99 heavy (non-hydrogen) atoms. The van der Waals surface area contributed by atoms with Gasteiger partial charge in [-0.25, -0.2) is 0 Å². The van der Waals surface area contributed by atoms with Crippen molar-refractivity contribution in [1.82, 2.24) is 5.32 Å². The quantitative estimate of drug-likeness (QED) is 0.00835. The fraction of sp³-hybridized carbons (Fsp3) is 0.853. The van der Waals surface area contributed by atoms with Crippen LogP contribution >= 0.6 is 15.6 Å². The number of nitrogens with one attached hydrogen (secondary N) is 1. The van der Waals surface area contributed by atoms with E-state index < -0.39 is 97.5 Å². The number of allylic oxidation sites excluding steroid dienone is 6. The maximum atomic E-state index is 13.0. The Morgan fingerprint density at radius 1 is 0.394 bits per heavy atom. The maximum Gasteiger partial charge on any atom is 0.306 e. The highest BCUT2D eigenvalue weighted by Crippen LogP contribution is 2.41. The molecule has 0 aliphatic carbocycles. The minimum absolute atomic E-state index is 0.0301. The summed E-state index contributed by atoms with van der Waals surface area (Å²) in [5, 5.41) is 16.8. The summed E-state index contributed by atoms with van der Waals surface area (Å²) in [6.45, 7) is 2.78. The fourth-order valence-electron chi connectivity index (χ4n) is 10.7. The Balaban J connectivity index is 5.36. The number of hydrogen-bond donors (Lipinski definition) is 2. The number of hydrogen-bond acceptors (Lipinski definition) is 19. The van der Waals surface area contributed by atoms with Crippen molar-refractivity contribution in [2.24, 2.45) is 5.11 Å². The highest BCUT2D eigenvalue weighted by atomic mass is 31.2. The van der Waals surface area contributed by atoms with Crippen molar-refractivity contribution < 1.29 is 85.0 Å². The van der Waals surface area contributed by atoms with Crippen LogP contribution in [0.5, 0.6) is 0 Å². The highest BCUT2D eigenvalue weighted by molar-refractivity contribution is 7.46. The van der Waals surface area contributed by atoms with Crippen LogP contribution in [0.15, 0.2) is 41.6 Å². The zero-order chi connectivity index (χ0) is 72.7. The maximum absolute atomic E-state index is 13.0. The summed E-state index contributed by atoms with van der Waals surface area (Å²) < 4.78 is 67.4. The number of ether oxygens (including phenoxy) is 4. The first-order valence-corrected chi connectivity index (χ1v) is 41.8. The summed E-state index contributed by atoms with van der Waals surface area (Å²) in [5.41, 5.74) is 8.36. The molecule has 0 aromatic carbocycles. The average Bonchev–Trinajstić information content (AvgIpc) is 0.964. The van der Waals surface area contributed by atoms with Gasteiger partial charge >= 0.3 is 23.9 Å². The fourth-order valence-corrected chi connectivity index (χ4v) is 12.2. The van der Waals surface area contributed by atoms with Crippen LogP contribution in [-0.4, -0.2) is 106 Å². The second-order valence-corrected chi connectivity index (χ2v) is 29.1. The number of phosphoric ester groups is 2. The van der Waals surface area contributed by atoms with Gasteiger partial charge in [0.2, 0.25) is 5.91 Å². The number of azide groups is 1. The van der Waals surface area contributed by atoms with Crippen LogP contribution in [0.25, 0.3) is 10.4 Å². The lowest BCUT2D eigenvalue weighted by molar-refractivity contribution is -0.233. The van der Waals surface area contributed by atoms with Crippen molar-refractivity contribution in [3.8, 4) is 0 Å². The van der Waals surface area contributed by atoms with E-state index in [4.69, 9.17) is 42.6 Å². The monoisotopic (exact) mass is 1440 g/mol. The van der Waals surface area contributed by atoms with E-state index in [-0.39, 0.29) is 31.6 Å². The molecule has 0 saturated carbocycles. The van der Waals surface area contributed by atoms with E-state index in [0.29, 0.717) is 64.5 Å². The molecule has 22 nitrogen and oxygen atoms in total. The van der Waals surface area contributed by atoms with Crippen LogP contribution in [-0.2, 0) is 70.1 Å². The Labute approximate surface area is 598 Å². The van der Waals surface area contributed by atoms with Gasteiger partial charge in [0.1, 0.15) is 19.3 Å². The summed E-state index contributed by atoms with van der Waals surface area (Å²) in [7, 11) is -10.5. The number of phosphoric acid groups is 2. The standard InChI is InChI=1S/C75H138N4O18P2/c1-4-7-10-13-16-19-22-25-28-31-34-37-40-45-50-56-72(82)90-64-69(96-74(84)58-52-46-41-38-35-32-29-26-23-20-17-14-11-8-5-2)66-94-98(86,87)92-62-68(80)63-93-99(88,89)95-67-70(65-91-73(83)57-51-48-43-44-49-55-71(81)77-60-54-61-78-79-76)97-75(85)59-53-47-42-39-36-33-30-27-24-21-18-15-12-9-6-3/h25-30,68-70,80H,4-24,31-67H2,1-3H3,(H,77,81)(H,86,87)(H,88,89)/p-2/b28-25-,29-26-,30-27-/t68?,69-,70-/m1/s1. The molecule has 24 heteroatoms. The predicted molar refractivity (Wildman–Crippen MR) is 389 cm³/mol. The Morgan fingerprint density at radius 3 is 0.980 bits per heavy atom. The van der Waals surface area contributed by atoms with E-state index >= 15 is 0 Å². The lowest BCUT2D eigenvalue weighted by atomic mass is 10.1. The van der Waals surface area contributed by atoms with Crippen LogP contribution in [0.4, 0.5) is 0 Å². The van der Waals surface area contributed by atoms with E-state index in [2.05, 4.69) is 72.6 Å². The number of aliphatic hydroxyl groups is 1. The van der Waals surface area contributed by atoms with Gasteiger partial charge in [-0.15, -0.1) is 0 Å².